The average Bonchev–Trinajstić information content (AvgIpc) is 2.53. The molecule has 0 aliphatic carbocycles. The quantitative estimate of drug-likeness (QED) is 0.502. The van der Waals surface area contributed by atoms with Crippen molar-refractivity contribution in [2.45, 2.75) is 6.61 Å². The fourth-order valence-corrected chi connectivity index (χ4v) is 1.80. The minimum Gasteiger partial charge on any atom is -0.493 e. The van der Waals surface area contributed by atoms with Gasteiger partial charge in [0.1, 0.15) is 12.4 Å². The van der Waals surface area contributed by atoms with E-state index in [0.717, 1.165) is 0 Å². The summed E-state index contributed by atoms with van der Waals surface area (Å²) in [7, 11) is 1.52. The van der Waals surface area contributed by atoms with Gasteiger partial charge in [0.2, 0.25) is 0 Å². The largest absolute Gasteiger partial charge is 0.493 e. The van der Waals surface area contributed by atoms with Gasteiger partial charge in [-0.05, 0) is 30.3 Å². The Morgan fingerprint density at radius 1 is 1.24 bits per heavy atom. The fourth-order valence-electron chi connectivity index (χ4n) is 1.80. The van der Waals surface area contributed by atoms with Gasteiger partial charge in [-0.1, -0.05) is 12.1 Å². The maximum absolute atomic E-state index is 13.7. The third-order valence-corrected chi connectivity index (χ3v) is 2.89. The molecule has 2 aromatic carbocycles. The maximum atomic E-state index is 13.7. The highest BCUT2D eigenvalue weighted by Crippen LogP contribution is 2.27. The van der Waals surface area contributed by atoms with Crippen LogP contribution in [0, 0.1) is 5.82 Å². The molecule has 1 amide bonds. The van der Waals surface area contributed by atoms with E-state index >= 15 is 0 Å². The molecule has 3 N–H and O–H groups in total. The highest BCUT2D eigenvalue weighted by molar-refractivity contribution is 5.93. The Kier molecular flexibility index (Phi) is 4.73. The molecule has 5 nitrogen and oxygen atoms in total. The summed E-state index contributed by atoms with van der Waals surface area (Å²) >= 11 is 0. The number of hydrogen-bond acceptors (Lipinski definition) is 4. The summed E-state index contributed by atoms with van der Waals surface area (Å²) < 4.78 is 24.4. The SMILES string of the molecule is COc1ccccc1OCc1cc(C(=O)NN)ccc1F. The Bertz CT molecular complexity index is 647. The standard InChI is InChI=1S/C15H15FN2O3/c1-20-13-4-2-3-5-14(13)21-9-11-8-10(15(19)18-17)6-7-12(11)16/h2-8H,9,17H2,1H3,(H,18,19). The molecule has 0 aliphatic rings. The van der Waals surface area contributed by atoms with E-state index in [0.29, 0.717) is 11.5 Å². The second-order valence-electron chi connectivity index (χ2n) is 4.22. The van der Waals surface area contributed by atoms with E-state index in [1.807, 2.05) is 5.43 Å². The number of carbonyl (C=O) groups is 1. The van der Waals surface area contributed by atoms with Gasteiger partial charge >= 0.3 is 0 Å². The van der Waals surface area contributed by atoms with Crippen molar-refractivity contribution in [1.29, 1.82) is 0 Å². The van der Waals surface area contributed by atoms with Crippen molar-refractivity contribution in [3.8, 4) is 11.5 Å². The number of carbonyl (C=O) groups excluding carboxylic acids is 1. The number of hydrogen-bond donors (Lipinski definition) is 2. The molecule has 0 atom stereocenters. The van der Waals surface area contributed by atoms with Crippen molar-refractivity contribution in [3.63, 3.8) is 0 Å². The molecule has 0 aromatic heterocycles. The first kappa shape index (κ1) is 14.8. The first-order chi connectivity index (χ1) is 10.2. The molecule has 0 saturated heterocycles. The van der Waals surface area contributed by atoms with E-state index < -0.39 is 11.7 Å². The molecule has 2 rings (SSSR count). The minimum absolute atomic E-state index is 0.0299. The second-order valence-corrected chi connectivity index (χ2v) is 4.22. The van der Waals surface area contributed by atoms with Crippen LogP contribution in [0.5, 0.6) is 11.5 Å². The fraction of sp³-hybridized carbons (Fsp3) is 0.133. The molecular weight excluding hydrogens is 275 g/mol. The molecule has 6 heteroatoms. The van der Waals surface area contributed by atoms with Crippen molar-refractivity contribution in [2.24, 2.45) is 5.84 Å². The summed E-state index contributed by atoms with van der Waals surface area (Å²) in [6, 6.07) is 11.0. The van der Waals surface area contributed by atoms with Crippen molar-refractivity contribution >= 4 is 5.91 Å². The Labute approximate surface area is 121 Å². The summed E-state index contributed by atoms with van der Waals surface area (Å²) in [5.74, 6) is 5.15. The molecule has 0 spiro atoms. The molecule has 0 bridgehead atoms. The van der Waals surface area contributed by atoms with E-state index in [1.54, 1.807) is 24.3 Å². The van der Waals surface area contributed by atoms with Gasteiger partial charge in [0.15, 0.2) is 11.5 Å². The lowest BCUT2D eigenvalue weighted by Crippen LogP contribution is -2.30. The van der Waals surface area contributed by atoms with Gasteiger partial charge < -0.3 is 9.47 Å². The predicted octanol–water partition coefficient (Wildman–Crippen LogP) is 2.02. The number of nitrogens with two attached hydrogens (primary N) is 1. The van der Waals surface area contributed by atoms with Crippen LogP contribution in [0.3, 0.4) is 0 Å². The topological polar surface area (TPSA) is 73.6 Å². The van der Waals surface area contributed by atoms with Crippen LogP contribution >= 0.6 is 0 Å². The first-order valence-electron chi connectivity index (χ1n) is 6.21. The lowest BCUT2D eigenvalue weighted by Gasteiger charge is -2.11. The summed E-state index contributed by atoms with van der Waals surface area (Å²) in [6.07, 6.45) is 0. The number of nitrogens with one attached hydrogen (secondary N) is 1. The molecule has 0 fully saturated rings. The first-order valence-corrected chi connectivity index (χ1v) is 6.21. The monoisotopic (exact) mass is 290 g/mol. The highest BCUT2D eigenvalue weighted by Gasteiger charge is 2.10. The van der Waals surface area contributed by atoms with E-state index in [1.165, 1.54) is 25.3 Å². The van der Waals surface area contributed by atoms with E-state index in [4.69, 9.17) is 15.3 Å². The smallest absolute Gasteiger partial charge is 0.265 e. The van der Waals surface area contributed by atoms with Crippen LogP contribution in [0.15, 0.2) is 42.5 Å². The van der Waals surface area contributed by atoms with Crippen LogP contribution in [-0.2, 0) is 6.61 Å². The lowest BCUT2D eigenvalue weighted by molar-refractivity contribution is 0.0953. The Morgan fingerprint density at radius 3 is 2.62 bits per heavy atom. The van der Waals surface area contributed by atoms with E-state index in [2.05, 4.69) is 0 Å². The van der Waals surface area contributed by atoms with Gasteiger partial charge in [0.05, 0.1) is 7.11 Å². The molecule has 110 valence electrons. The Morgan fingerprint density at radius 2 is 1.95 bits per heavy atom. The zero-order chi connectivity index (χ0) is 15.2. The van der Waals surface area contributed by atoms with Gasteiger partial charge in [-0.25, -0.2) is 10.2 Å². The maximum Gasteiger partial charge on any atom is 0.265 e. The van der Waals surface area contributed by atoms with Gasteiger partial charge in [-0.2, -0.15) is 0 Å². The van der Waals surface area contributed by atoms with E-state index in [9.17, 15) is 9.18 Å². The summed E-state index contributed by atoms with van der Waals surface area (Å²) in [6.45, 7) is -0.0299. The van der Waals surface area contributed by atoms with Crippen LogP contribution in [-0.4, -0.2) is 13.0 Å². The average molecular weight is 290 g/mol. The Balaban J connectivity index is 2.17. The van der Waals surface area contributed by atoms with Crippen LogP contribution < -0.4 is 20.7 Å². The molecule has 0 aliphatic heterocycles. The number of benzene rings is 2. The molecular formula is C15H15FN2O3. The predicted molar refractivity (Wildman–Crippen MR) is 75.4 cm³/mol. The number of methoxy groups -OCH3 is 1. The number of rotatable bonds is 5. The lowest BCUT2D eigenvalue weighted by atomic mass is 10.1. The molecule has 0 unspecified atom stereocenters. The third-order valence-electron chi connectivity index (χ3n) is 2.89. The minimum atomic E-state index is -0.492. The van der Waals surface area contributed by atoms with Gasteiger partial charge in [0, 0.05) is 11.1 Å². The summed E-state index contributed by atoms with van der Waals surface area (Å²) in [4.78, 5) is 11.4. The molecule has 0 saturated carbocycles. The number of amides is 1. The second kappa shape index (κ2) is 6.71. The van der Waals surface area contributed by atoms with E-state index in [-0.39, 0.29) is 17.7 Å². The number of halogens is 1. The molecule has 2 aromatic rings. The van der Waals surface area contributed by atoms with Crippen molar-refractivity contribution in [1.82, 2.24) is 5.43 Å². The highest BCUT2D eigenvalue weighted by atomic mass is 19.1. The van der Waals surface area contributed by atoms with Gasteiger partial charge in [-0.15, -0.1) is 0 Å². The number of nitrogen functional groups attached to an aromatic ring is 1. The normalized spacial score (nSPS) is 10.0. The van der Waals surface area contributed by atoms with Gasteiger partial charge in [-0.3, -0.25) is 10.2 Å². The summed E-state index contributed by atoms with van der Waals surface area (Å²) in [5.41, 5.74) is 2.51. The molecule has 21 heavy (non-hydrogen) atoms. The van der Waals surface area contributed by atoms with Crippen molar-refractivity contribution < 1.29 is 18.7 Å². The number of hydrazine groups is 1. The Hall–Kier alpha value is -2.60. The molecule has 0 heterocycles. The van der Waals surface area contributed by atoms with Crippen LogP contribution in [0.25, 0.3) is 0 Å². The van der Waals surface area contributed by atoms with Crippen LogP contribution in [0.4, 0.5) is 4.39 Å². The third kappa shape index (κ3) is 3.49. The van der Waals surface area contributed by atoms with Gasteiger partial charge in [0.25, 0.3) is 5.91 Å². The zero-order valence-corrected chi connectivity index (χ0v) is 11.4. The van der Waals surface area contributed by atoms with Crippen LogP contribution in [0.2, 0.25) is 0 Å². The zero-order valence-electron chi connectivity index (χ0n) is 11.4. The number of para-hydroxylation sites is 2. The molecule has 0 radical (unpaired) electrons. The van der Waals surface area contributed by atoms with Crippen LogP contribution in [0.1, 0.15) is 15.9 Å². The van der Waals surface area contributed by atoms with Crippen molar-refractivity contribution in [2.75, 3.05) is 7.11 Å². The number of ether oxygens (including phenoxy) is 2. The van der Waals surface area contributed by atoms with Crippen molar-refractivity contribution in [3.05, 3.63) is 59.4 Å². The summed E-state index contributed by atoms with van der Waals surface area (Å²) in [5, 5.41) is 0.